The van der Waals surface area contributed by atoms with E-state index in [0.717, 1.165) is 18.7 Å². The molecule has 0 saturated heterocycles. The van der Waals surface area contributed by atoms with Gasteiger partial charge in [0.25, 0.3) is 0 Å². The first-order valence-electron chi connectivity index (χ1n) is 7.09. The normalized spacial score (nSPS) is 17.1. The minimum absolute atomic E-state index is 0.153. The minimum atomic E-state index is 0.153. The molecule has 0 radical (unpaired) electrons. The first-order chi connectivity index (χ1) is 8.62. The van der Waals surface area contributed by atoms with Gasteiger partial charge in [-0.3, -0.25) is 0 Å². The van der Waals surface area contributed by atoms with Crippen LogP contribution in [-0.4, -0.2) is 12.6 Å². The summed E-state index contributed by atoms with van der Waals surface area (Å²) in [6.07, 6.45) is 6.49. The highest BCUT2D eigenvalue weighted by atomic mass is 16.5. The van der Waals surface area contributed by atoms with Crippen molar-refractivity contribution in [1.29, 1.82) is 0 Å². The van der Waals surface area contributed by atoms with Crippen LogP contribution in [0.3, 0.4) is 0 Å². The van der Waals surface area contributed by atoms with E-state index in [0.29, 0.717) is 6.10 Å². The Bertz CT molecular complexity index is 363. The molecule has 1 saturated carbocycles. The van der Waals surface area contributed by atoms with E-state index >= 15 is 0 Å². The van der Waals surface area contributed by atoms with Crippen LogP contribution in [0.2, 0.25) is 0 Å². The van der Waals surface area contributed by atoms with Crippen LogP contribution in [0, 0.1) is 0 Å². The van der Waals surface area contributed by atoms with Gasteiger partial charge in [0, 0.05) is 0 Å². The number of ether oxygens (including phenoxy) is 1. The molecule has 18 heavy (non-hydrogen) atoms. The van der Waals surface area contributed by atoms with Crippen LogP contribution >= 0.6 is 0 Å². The summed E-state index contributed by atoms with van der Waals surface area (Å²) in [5.74, 6) is 1.01. The van der Waals surface area contributed by atoms with Crippen molar-refractivity contribution in [1.82, 2.24) is 0 Å². The lowest BCUT2D eigenvalue weighted by Gasteiger charge is -2.25. The largest absolute Gasteiger partial charge is 0.490 e. The quantitative estimate of drug-likeness (QED) is 0.862. The molecule has 1 aliphatic rings. The van der Waals surface area contributed by atoms with Crippen molar-refractivity contribution in [2.75, 3.05) is 6.54 Å². The number of hydrogen-bond donors (Lipinski definition) is 1. The maximum Gasteiger partial charge on any atom is 0.119 e. The average molecular weight is 247 g/mol. The molecule has 2 rings (SSSR count). The van der Waals surface area contributed by atoms with Gasteiger partial charge in [-0.05, 0) is 61.8 Å². The van der Waals surface area contributed by atoms with Crippen molar-refractivity contribution in [2.45, 2.75) is 57.5 Å². The Balaban J connectivity index is 2.00. The monoisotopic (exact) mass is 247 g/mol. The van der Waals surface area contributed by atoms with Crippen molar-refractivity contribution in [3.63, 3.8) is 0 Å². The number of benzene rings is 1. The van der Waals surface area contributed by atoms with Crippen LogP contribution in [0.15, 0.2) is 24.3 Å². The van der Waals surface area contributed by atoms with Gasteiger partial charge in [0.2, 0.25) is 0 Å². The van der Waals surface area contributed by atoms with E-state index in [-0.39, 0.29) is 5.41 Å². The molecule has 0 bridgehead atoms. The second kappa shape index (κ2) is 5.75. The van der Waals surface area contributed by atoms with Crippen LogP contribution in [-0.2, 0) is 5.41 Å². The molecule has 2 N–H and O–H groups in total. The van der Waals surface area contributed by atoms with Gasteiger partial charge in [-0.1, -0.05) is 26.0 Å². The van der Waals surface area contributed by atoms with Gasteiger partial charge >= 0.3 is 0 Å². The van der Waals surface area contributed by atoms with Crippen LogP contribution in [0.25, 0.3) is 0 Å². The van der Waals surface area contributed by atoms with Crippen molar-refractivity contribution in [3.8, 4) is 5.75 Å². The summed E-state index contributed by atoms with van der Waals surface area (Å²) in [6, 6.07) is 8.57. The molecule has 1 aromatic rings. The second-order valence-corrected chi connectivity index (χ2v) is 5.97. The second-order valence-electron chi connectivity index (χ2n) is 5.97. The van der Waals surface area contributed by atoms with Crippen LogP contribution < -0.4 is 10.5 Å². The molecule has 1 aliphatic carbocycles. The third-order valence-electron chi connectivity index (χ3n) is 4.01. The van der Waals surface area contributed by atoms with E-state index in [2.05, 4.69) is 38.1 Å². The zero-order chi connectivity index (χ0) is 13.0. The molecule has 0 unspecified atom stereocenters. The predicted octanol–water partition coefficient (Wildman–Crippen LogP) is 3.63. The summed E-state index contributed by atoms with van der Waals surface area (Å²) in [4.78, 5) is 0. The molecule has 0 aromatic heterocycles. The highest BCUT2D eigenvalue weighted by Crippen LogP contribution is 2.29. The molecule has 1 fully saturated rings. The summed E-state index contributed by atoms with van der Waals surface area (Å²) in [6.45, 7) is 5.21. The van der Waals surface area contributed by atoms with Gasteiger partial charge in [-0.25, -0.2) is 0 Å². The lowest BCUT2D eigenvalue weighted by Crippen LogP contribution is -2.21. The Morgan fingerprint density at radius 2 is 1.78 bits per heavy atom. The molecule has 2 nitrogen and oxygen atoms in total. The molecular formula is C16H25NO. The third-order valence-corrected chi connectivity index (χ3v) is 4.01. The van der Waals surface area contributed by atoms with Gasteiger partial charge in [0.1, 0.15) is 5.75 Å². The first kappa shape index (κ1) is 13.4. The fourth-order valence-electron chi connectivity index (χ4n) is 2.69. The van der Waals surface area contributed by atoms with Gasteiger partial charge in [0.15, 0.2) is 0 Å². The van der Waals surface area contributed by atoms with E-state index < -0.39 is 0 Å². The van der Waals surface area contributed by atoms with E-state index in [1.165, 1.54) is 31.2 Å². The standard InChI is InChI=1S/C16H25NO/c1-16(2,11-12-17)13-7-9-15(10-8-13)18-14-5-3-4-6-14/h7-10,14H,3-6,11-12,17H2,1-2H3. The van der Waals surface area contributed by atoms with Gasteiger partial charge < -0.3 is 10.5 Å². The minimum Gasteiger partial charge on any atom is -0.490 e. The van der Waals surface area contributed by atoms with Crippen molar-refractivity contribution in [2.24, 2.45) is 5.73 Å². The van der Waals surface area contributed by atoms with E-state index in [4.69, 9.17) is 10.5 Å². The van der Waals surface area contributed by atoms with Crippen LogP contribution in [0.5, 0.6) is 5.75 Å². The molecule has 0 spiro atoms. The Morgan fingerprint density at radius 1 is 1.17 bits per heavy atom. The summed E-state index contributed by atoms with van der Waals surface area (Å²) in [5, 5.41) is 0. The van der Waals surface area contributed by atoms with E-state index in [1.54, 1.807) is 0 Å². The van der Waals surface area contributed by atoms with E-state index in [1.807, 2.05) is 0 Å². The fourth-order valence-corrected chi connectivity index (χ4v) is 2.69. The van der Waals surface area contributed by atoms with Gasteiger partial charge in [-0.15, -0.1) is 0 Å². The topological polar surface area (TPSA) is 35.2 Å². The summed E-state index contributed by atoms with van der Waals surface area (Å²) >= 11 is 0. The smallest absolute Gasteiger partial charge is 0.119 e. The Kier molecular flexibility index (Phi) is 4.28. The Morgan fingerprint density at radius 3 is 2.33 bits per heavy atom. The molecular weight excluding hydrogens is 222 g/mol. The van der Waals surface area contributed by atoms with Crippen LogP contribution in [0.4, 0.5) is 0 Å². The first-order valence-corrected chi connectivity index (χ1v) is 7.09. The SMILES string of the molecule is CC(C)(CCN)c1ccc(OC2CCCC2)cc1. The maximum atomic E-state index is 5.98. The van der Waals surface area contributed by atoms with Crippen molar-refractivity contribution in [3.05, 3.63) is 29.8 Å². The lowest BCUT2D eigenvalue weighted by molar-refractivity contribution is 0.210. The summed E-state index contributed by atoms with van der Waals surface area (Å²) in [5.41, 5.74) is 7.16. The molecule has 0 aliphatic heterocycles. The van der Waals surface area contributed by atoms with E-state index in [9.17, 15) is 0 Å². The average Bonchev–Trinajstić information content (AvgIpc) is 2.82. The fraction of sp³-hybridized carbons (Fsp3) is 0.625. The summed E-state index contributed by atoms with van der Waals surface area (Å²) < 4.78 is 5.98. The van der Waals surface area contributed by atoms with Crippen LogP contribution in [0.1, 0.15) is 51.5 Å². The van der Waals surface area contributed by atoms with Crippen molar-refractivity contribution >= 4 is 0 Å². The van der Waals surface area contributed by atoms with Gasteiger partial charge in [-0.2, -0.15) is 0 Å². The third kappa shape index (κ3) is 3.26. The number of nitrogens with two attached hydrogens (primary N) is 1. The molecule has 0 heterocycles. The Hall–Kier alpha value is -1.02. The molecule has 0 atom stereocenters. The maximum absolute atomic E-state index is 5.98. The zero-order valence-electron chi connectivity index (χ0n) is 11.6. The Labute approximate surface area is 111 Å². The van der Waals surface area contributed by atoms with Crippen molar-refractivity contribution < 1.29 is 4.74 Å². The lowest BCUT2D eigenvalue weighted by atomic mass is 9.82. The highest BCUT2D eigenvalue weighted by molar-refractivity contribution is 5.31. The van der Waals surface area contributed by atoms with Gasteiger partial charge in [0.05, 0.1) is 6.10 Å². The highest BCUT2D eigenvalue weighted by Gasteiger charge is 2.20. The molecule has 100 valence electrons. The molecule has 0 amide bonds. The summed E-state index contributed by atoms with van der Waals surface area (Å²) in [7, 11) is 0. The predicted molar refractivity (Wildman–Crippen MR) is 76.0 cm³/mol. The number of hydrogen-bond acceptors (Lipinski definition) is 2. The number of rotatable bonds is 5. The zero-order valence-corrected chi connectivity index (χ0v) is 11.6. The molecule has 2 heteroatoms. The molecule has 1 aromatic carbocycles.